The van der Waals surface area contributed by atoms with Gasteiger partial charge in [0, 0.05) is 69.2 Å². The highest BCUT2D eigenvalue weighted by molar-refractivity contribution is 5.85. The van der Waals surface area contributed by atoms with E-state index in [2.05, 4.69) is 151 Å². The molecule has 4 rings (SSSR count). The highest BCUT2D eigenvalue weighted by Gasteiger charge is 2.32. The summed E-state index contributed by atoms with van der Waals surface area (Å²) in [4.78, 5) is 0. The molecule has 4 aromatic rings. The maximum atomic E-state index is 10.2. The van der Waals surface area contributed by atoms with Gasteiger partial charge in [-0.1, -0.05) is 166 Å². The summed E-state index contributed by atoms with van der Waals surface area (Å²) < 4.78 is 21.2. The number of phenols is 4. The van der Waals surface area contributed by atoms with Gasteiger partial charge in [-0.05, 0) is 116 Å². The van der Waals surface area contributed by atoms with E-state index in [4.69, 9.17) is 26.8 Å². The number of halogens is 2. The monoisotopic (exact) mass is 1020 g/mol. The number of nitrogen functional groups attached to an aromatic ring is 4. The molecule has 8 nitrogen and oxygen atoms in total. The van der Waals surface area contributed by atoms with Crippen LogP contribution in [0.3, 0.4) is 0 Å². The van der Waals surface area contributed by atoms with E-state index in [1.54, 1.807) is 12.1 Å². The Morgan fingerprint density at radius 3 is 0.600 bits per heavy atom. The third-order valence-corrected chi connectivity index (χ3v) is 12.2. The van der Waals surface area contributed by atoms with Gasteiger partial charge in [0.05, 0.1) is 2.74 Å². The Hall–Kier alpha value is -4.14. The molecule has 0 spiro atoms. The van der Waals surface area contributed by atoms with E-state index in [1.807, 2.05) is 55.4 Å². The fourth-order valence-electron chi connectivity index (χ4n) is 10.8. The van der Waals surface area contributed by atoms with Gasteiger partial charge in [-0.2, -0.15) is 0 Å². The molecule has 4 aromatic carbocycles. The first-order chi connectivity index (χ1) is 31.7. The molecule has 0 fully saturated rings. The Kier molecular flexibility index (Phi) is 20.1. The van der Waals surface area contributed by atoms with E-state index in [9.17, 15) is 20.4 Å². The lowest BCUT2D eigenvalue weighted by atomic mass is 9.75. The van der Waals surface area contributed by atoms with Crippen LogP contribution >= 0.6 is 24.7 Å². The van der Waals surface area contributed by atoms with E-state index in [0.29, 0.717) is 34.2 Å². The van der Waals surface area contributed by atoms with E-state index >= 15 is 0 Å². The molecule has 0 atom stereocenters. The Bertz CT molecular complexity index is 2220. The molecular weight excluding hydrogens is 912 g/mol. The predicted molar refractivity (Wildman–Crippen MR) is 313 cm³/mol. The molecule has 0 radical (unpaired) electrons. The molecule has 70 heavy (non-hydrogen) atoms. The highest BCUT2D eigenvalue weighted by Crippen LogP contribution is 2.46. The van der Waals surface area contributed by atoms with Crippen molar-refractivity contribution in [2.24, 2.45) is 0 Å². The van der Waals surface area contributed by atoms with Crippen molar-refractivity contribution < 1.29 is 23.2 Å². The summed E-state index contributed by atoms with van der Waals surface area (Å²) in [5.74, 6) is 0.650. The predicted octanol–water partition coefficient (Wildman–Crippen LogP) is 16.4. The SMILES string of the molecule is Cc1c(C(C)(C)C)c(N)cc(O)c1C(C)(C)C.Cc1c(C(C)(C)C)c(N)cc(O)c1C(C)(C)C.Cl.[2H]Cl.[2H]c1c(N)c(C(C)(C)C)c(C)c(C(C)(C)C)c1O.[2H]c1c(N)c(C(C)(C)C)c(C)c(C(C)(C)C)c1O. The van der Waals surface area contributed by atoms with Crippen molar-refractivity contribution in [2.75, 3.05) is 22.9 Å². The molecule has 0 bridgehead atoms. The van der Waals surface area contributed by atoms with Gasteiger partial charge < -0.3 is 43.4 Å². The number of hydrogen-bond donors (Lipinski definition) is 8. The van der Waals surface area contributed by atoms with Crippen LogP contribution in [0.5, 0.6) is 23.0 Å². The third-order valence-electron chi connectivity index (χ3n) is 12.2. The Morgan fingerprint density at radius 1 is 0.300 bits per heavy atom. The molecule has 12 N–H and O–H groups in total. The first-order valence-electron chi connectivity index (χ1n) is 25.6. The van der Waals surface area contributed by atoms with Gasteiger partial charge in [-0.25, -0.2) is 0 Å². The van der Waals surface area contributed by atoms with Crippen LogP contribution in [-0.4, -0.2) is 21.6 Å². The Balaban J connectivity index is 0. The standard InChI is InChI=1S/4C15H25NO.2ClH/c4*1-9-12(14(2,3)4)10(16)8-11(17)13(9)15(5,6)7;;/h4*8,17H,16H2,1-7H3;2*1H/i2*8D;;;;/hD. The topological polar surface area (TPSA) is 185 Å². The van der Waals surface area contributed by atoms with Crippen molar-refractivity contribution in [3.63, 3.8) is 0 Å². The van der Waals surface area contributed by atoms with Crippen molar-refractivity contribution in [1.82, 2.24) is 0 Å². The van der Waals surface area contributed by atoms with Gasteiger partial charge >= 0.3 is 0 Å². The maximum absolute atomic E-state index is 10.2. The molecule has 0 aliphatic heterocycles. The summed E-state index contributed by atoms with van der Waals surface area (Å²) in [7, 11) is 0. The first kappa shape index (κ1) is 62.0. The summed E-state index contributed by atoms with van der Waals surface area (Å²) in [6.07, 6.45) is 0. The molecule has 10 heteroatoms. The summed E-state index contributed by atoms with van der Waals surface area (Å²) in [5, 5.41) is 40.7. The van der Waals surface area contributed by atoms with Crippen LogP contribution < -0.4 is 22.9 Å². The second-order valence-corrected chi connectivity index (χ2v) is 27.2. The van der Waals surface area contributed by atoms with E-state index in [0.717, 1.165) is 66.8 Å². The molecule has 400 valence electrons. The minimum atomic E-state index is -0.211. The molecular formula is C60H102Cl2N4O4. The van der Waals surface area contributed by atoms with Crippen molar-refractivity contribution >= 4 is 47.5 Å². The second-order valence-electron chi connectivity index (χ2n) is 27.2. The minimum Gasteiger partial charge on any atom is -0.508 e. The maximum Gasteiger partial charge on any atom is 0.147 e. The quantitative estimate of drug-likeness (QED) is 0.0800. The molecule has 0 heterocycles. The number of benzene rings is 4. The summed E-state index contributed by atoms with van der Waals surface area (Å²) >= 11 is 3.89. The number of hydrogen-bond acceptors (Lipinski definition) is 8. The third kappa shape index (κ3) is 16.4. The molecule has 0 saturated carbocycles. The van der Waals surface area contributed by atoms with E-state index < -0.39 is 0 Å². The largest absolute Gasteiger partial charge is 0.508 e. The first-order valence-corrected chi connectivity index (χ1v) is 24.2. The van der Waals surface area contributed by atoms with E-state index in [1.165, 1.54) is 0 Å². The van der Waals surface area contributed by atoms with Crippen LogP contribution in [0.4, 0.5) is 22.7 Å². The smallest absolute Gasteiger partial charge is 0.147 e. The van der Waals surface area contributed by atoms with Crippen LogP contribution in [0.15, 0.2) is 24.2 Å². The van der Waals surface area contributed by atoms with Crippen LogP contribution in [0.2, 0.25) is 0 Å². The van der Waals surface area contributed by atoms with Crippen LogP contribution in [0.25, 0.3) is 0 Å². The molecule has 0 unspecified atom stereocenters. The minimum absolute atomic E-state index is 0. The van der Waals surface area contributed by atoms with Crippen LogP contribution in [0, 0.1) is 27.7 Å². The highest BCUT2D eigenvalue weighted by atomic mass is 35.5. The number of phenolic OH excluding ortho intramolecular Hbond substituents is 4. The molecule has 0 amide bonds. The summed E-state index contributed by atoms with van der Waals surface area (Å²) in [6, 6.07) is 3.48. The van der Waals surface area contributed by atoms with Gasteiger partial charge in [-0.3, -0.25) is 0 Å². The normalized spacial score (nSPS) is 13.0. The van der Waals surface area contributed by atoms with Crippen molar-refractivity contribution in [3.8, 4) is 23.0 Å². The van der Waals surface area contributed by atoms with Gasteiger partial charge in [0.25, 0.3) is 0 Å². The number of nitrogens with two attached hydrogens (primary N) is 4. The number of rotatable bonds is 0. The van der Waals surface area contributed by atoms with Gasteiger partial charge in [0.15, 0.2) is 0 Å². The molecule has 0 aromatic heterocycles. The average Bonchev–Trinajstić information content (AvgIpc) is 3.09. The van der Waals surface area contributed by atoms with Crippen molar-refractivity contribution in [2.45, 2.75) is 237 Å². The summed E-state index contributed by atoms with van der Waals surface area (Å²) in [6.45, 7) is 58.3. The van der Waals surface area contributed by atoms with Crippen LogP contribution in [-0.2, 0) is 43.3 Å². The molecule has 0 aliphatic carbocycles. The van der Waals surface area contributed by atoms with E-state index in [-0.39, 0.29) is 79.3 Å². The number of aromatic hydroxyl groups is 4. The Labute approximate surface area is 444 Å². The summed E-state index contributed by atoms with van der Waals surface area (Å²) in [5.41, 5.74) is 37.5. The molecule has 0 saturated heterocycles. The zero-order valence-electron chi connectivity index (χ0n) is 52.0. The second kappa shape index (κ2) is 22.7. The lowest BCUT2D eigenvalue weighted by molar-refractivity contribution is 0.442. The van der Waals surface area contributed by atoms with Crippen molar-refractivity contribution in [3.05, 3.63) is 91.0 Å². The lowest BCUT2D eigenvalue weighted by Gasteiger charge is -2.30. The van der Waals surface area contributed by atoms with Gasteiger partial charge in [0.2, 0.25) is 0 Å². The molecule has 0 aliphatic rings. The number of anilines is 4. The fourth-order valence-corrected chi connectivity index (χ4v) is 10.8. The lowest BCUT2D eigenvalue weighted by Crippen LogP contribution is -2.21. The zero-order valence-corrected chi connectivity index (χ0v) is 50.6. The van der Waals surface area contributed by atoms with Gasteiger partial charge in [0.1, 0.15) is 24.2 Å². The van der Waals surface area contributed by atoms with Gasteiger partial charge in [-0.15, -0.1) is 24.7 Å². The zero-order chi connectivity index (χ0) is 58.1. The Morgan fingerprint density at radius 2 is 0.443 bits per heavy atom. The van der Waals surface area contributed by atoms with Crippen molar-refractivity contribution in [1.29, 1.82) is 1.17 Å². The fraction of sp³-hybridized carbons (Fsp3) is 0.600. The average molecular weight is 1020 g/mol. The van der Waals surface area contributed by atoms with Crippen LogP contribution in [0.1, 0.15) is 236 Å².